The lowest BCUT2D eigenvalue weighted by Gasteiger charge is -2.50. The largest absolute Gasteiger partial charge is 0.302 e. The monoisotopic (exact) mass is 413 g/mol. The first-order valence-electron chi connectivity index (χ1n) is 10.5. The Morgan fingerprint density at radius 1 is 1.07 bits per heavy atom. The minimum absolute atomic E-state index is 0.308. The predicted molar refractivity (Wildman–Crippen MR) is 116 cm³/mol. The summed E-state index contributed by atoms with van der Waals surface area (Å²) in [5, 5.41) is 0. The van der Waals surface area contributed by atoms with Crippen molar-refractivity contribution in [2.45, 2.75) is 30.3 Å². The van der Waals surface area contributed by atoms with Crippen LogP contribution < -0.4 is 4.72 Å². The van der Waals surface area contributed by atoms with Crippen molar-refractivity contribution in [3.05, 3.63) is 66.2 Å². The number of sulfonamides is 1. The van der Waals surface area contributed by atoms with Crippen LogP contribution in [0.3, 0.4) is 0 Å². The van der Waals surface area contributed by atoms with Gasteiger partial charge in [-0.25, -0.2) is 13.1 Å². The Morgan fingerprint density at radius 3 is 2.41 bits per heavy atom. The van der Waals surface area contributed by atoms with Crippen LogP contribution in [0.15, 0.2) is 65.6 Å². The summed E-state index contributed by atoms with van der Waals surface area (Å²) in [6.45, 7) is 4.73. The molecular weight excluding hydrogens is 382 g/mol. The zero-order valence-electron chi connectivity index (χ0n) is 17.1. The summed E-state index contributed by atoms with van der Waals surface area (Å²) in [6, 6.07) is 19.6. The Kier molecular flexibility index (Phi) is 6.35. The highest BCUT2D eigenvalue weighted by atomic mass is 32.2. The maximum absolute atomic E-state index is 12.5. The smallest absolute Gasteiger partial charge is 0.240 e. The molecule has 3 heterocycles. The van der Waals surface area contributed by atoms with Crippen molar-refractivity contribution >= 4 is 10.0 Å². The van der Waals surface area contributed by atoms with Crippen molar-refractivity contribution in [2.75, 3.05) is 33.2 Å². The van der Waals surface area contributed by atoms with Gasteiger partial charge in [-0.3, -0.25) is 4.90 Å². The van der Waals surface area contributed by atoms with Crippen LogP contribution in [0.2, 0.25) is 0 Å². The van der Waals surface area contributed by atoms with E-state index < -0.39 is 10.0 Å². The highest BCUT2D eigenvalue weighted by Crippen LogP contribution is 2.36. The molecule has 2 aromatic carbocycles. The minimum Gasteiger partial charge on any atom is -0.302 e. The number of rotatable bonds is 8. The Balaban J connectivity index is 1.30. The molecule has 0 saturated carbocycles. The van der Waals surface area contributed by atoms with Gasteiger partial charge in [0.25, 0.3) is 0 Å². The molecule has 0 aromatic heterocycles. The van der Waals surface area contributed by atoms with Crippen molar-refractivity contribution in [1.29, 1.82) is 0 Å². The summed E-state index contributed by atoms with van der Waals surface area (Å²) in [5.74, 6) is 1.35. The lowest BCUT2D eigenvalue weighted by molar-refractivity contribution is -0.00822. The highest BCUT2D eigenvalue weighted by Gasteiger charge is 2.40. The summed E-state index contributed by atoms with van der Waals surface area (Å²) in [5.41, 5.74) is 1.35. The van der Waals surface area contributed by atoms with Gasteiger partial charge in [-0.1, -0.05) is 48.5 Å². The molecule has 3 aliphatic heterocycles. The number of nitrogens with one attached hydrogen (secondary N) is 1. The van der Waals surface area contributed by atoms with Crippen LogP contribution in [-0.4, -0.2) is 57.5 Å². The first kappa shape index (κ1) is 20.5. The van der Waals surface area contributed by atoms with Crippen molar-refractivity contribution < 1.29 is 8.42 Å². The van der Waals surface area contributed by atoms with E-state index in [-0.39, 0.29) is 0 Å². The maximum Gasteiger partial charge on any atom is 0.240 e. The van der Waals surface area contributed by atoms with Crippen LogP contribution in [-0.2, 0) is 16.6 Å². The van der Waals surface area contributed by atoms with E-state index >= 15 is 0 Å². The molecule has 0 aliphatic carbocycles. The summed E-state index contributed by atoms with van der Waals surface area (Å²) in [6.07, 6.45) is 2.31. The van der Waals surface area contributed by atoms with E-state index in [2.05, 4.69) is 51.9 Å². The Labute approximate surface area is 174 Å². The van der Waals surface area contributed by atoms with Crippen LogP contribution in [0.1, 0.15) is 18.4 Å². The van der Waals surface area contributed by atoms with E-state index in [0.29, 0.717) is 29.3 Å². The third kappa shape index (κ3) is 5.07. The predicted octanol–water partition coefficient (Wildman–Crippen LogP) is 2.81. The molecule has 5 rings (SSSR count). The summed E-state index contributed by atoms with van der Waals surface area (Å²) < 4.78 is 27.9. The van der Waals surface area contributed by atoms with Gasteiger partial charge >= 0.3 is 0 Å². The molecule has 156 valence electrons. The third-order valence-electron chi connectivity index (χ3n) is 6.42. The Morgan fingerprint density at radius 2 is 1.76 bits per heavy atom. The molecule has 0 spiro atoms. The normalized spacial score (nSPS) is 26.7. The maximum atomic E-state index is 12.5. The molecule has 5 nitrogen and oxygen atoms in total. The van der Waals surface area contributed by atoms with Gasteiger partial charge in [0.15, 0.2) is 0 Å². The molecule has 0 amide bonds. The number of hydrogen-bond acceptors (Lipinski definition) is 4. The van der Waals surface area contributed by atoms with E-state index in [1.807, 2.05) is 6.07 Å². The summed E-state index contributed by atoms with van der Waals surface area (Å²) in [4.78, 5) is 5.26. The quantitative estimate of drug-likeness (QED) is 0.723. The van der Waals surface area contributed by atoms with Crippen molar-refractivity contribution in [3.8, 4) is 0 Å². The summed E-state index contributed by atoms with van der Waals surface area (Å²) >= 11 is 0. The second-order valence-corrected chi connectivity index (χ2v) is 10.3. The number of benzene rings is 2. The second-order valence-electron chi connectivity index (χ2n) is 8.54. The third-order valence-corrected chi connectivity index (χ3v) is 7.86. The average Bonchev–Trinajstić information content (AvgIpc) is 2.74. The molecule has 6 heteroatoms. The number of fused-ring (bicyclic) bond motifs is 3. The molecule has 0 radical (unpaired) electrons. The van der Waals surface area contributed by atoms with Crippen molar-refractivity contribution in [1.82, 2.24) is 14.5 Å². The first-order chi connectivity index (χ1) is 14.0. The van der Waals surface area contributed by atoms with Gasteiger partial charge in [0.1, 0.15) is 0 Å². The lowest BCUT2D eigenvalue weighted by Crippen LogP contribution is -2.58. The van der Waals surface area contributed by atoms with Gasteiger partial charge in [-0.05, 0) is 56.0 Å². The topological polar surface area (TPSA) is 52.6 Å². The van der Waals surface area contributed by atoms with Gasteiger partial charge in [-0.15, -0.1) is 0 Å². The molecule has 1 N–H and O–H groups in total. The van der Waals surface area contributed by atoms with Gasteiger partial charge in [0.2, 0.25) is 10.0 Å². The van der Waals surface area contributed by atoms with E-state index in [1.165, 1.54) is 12.0 Å². The minimum atomic E-state index is -3.43. The zero-order valence-corrected chi connectivity index (χ0v) is 17.9. The molecule has 2 aromatic rings. The molecule has 29 heavy (non-hydrogen) atoms. The number of hydrogen-bond donors (Lipinski definition) is 1. The highest BCUT2D eigenvalue weighted by molar-refractivity contribution is 7.89. The van der Waals surface area contributed by atoms with Gasteiger partial charge in [0.05, 0.1) is 4.90 Å². The molecule has 3 fully saturated rings. The Hall–Kier alpha value is -1.73. The number of nitrogens with zero attached hydrogens (tertiary/aromatic N) is 2. The van der Waals surface area contributed by atoms with E-state index in [4.69, 9.17) is 0 Å². The molecule has 4 atom stereocenters. The number of piperidine rings is 3. The molecular formula is C23H31N3O2S. The summed E-state index contributed by atoms with van der Waals surface area (Å²) in [7, 11) is -1.22. The van der Waals surface area contributed by atoms with Crippen LogP contribution in [0.4, 0.5) is 0 Å². The molecule has 1 unspecified atom stereocenters. The van der Waals surface area contributed by atoms with Gasteiger partial charge in [-0.2, -0.15) is 0 Å². The van der Waals surface area contributed by atoms with Crippen LogP contribution in [0, 0.1) is 11.8 Å². The Bertz CT molecular complexity index is 889. The van der Waals surface area contributed by atoms with E-state index in [0.717, 1.165) is 32.6 Å². The van der Waals surface area contributed by atoms with Crippen molar-refractivity contribution in [2.24, 2.45) is 11.8 Å². The van der Waals surface area contributed by atoms with Crippen LogP contribution >= 0.6 is 0 Å². The molecule has 3 saturated heterocycles. The van der Waals surface area contributed by atoms with E-state index in [9.17, 15) is 8.42 Å². The second kappa shape index (κ2) is 8.96. The lowest BCUT2D eigenvalue weighted by atomic mass is 9.75. The fourth-order valence-corrected chi connectivity index (χ4v) is 6.01. The van der Waals surface area contributed by atoms with Crippen LogP contribution in [0.25, 0.3) is 0 Å². The van der Waals surface area contributed by atoms with Gasteiger partial charge < -0.3 is 4.90 Å². The zero-order chi connectivity index (χ0) is 20.3. The standard InChI is InChI=1S/C23H31N3O2S/c1-25(16-19-8-4-2-5-9-19)17-21-18-26-13-12-20(21)14-22(26)15-24-29(27,28)23-10-6-3-7-11-23/h2-11,20-22,24H,12-18H2,1H3/t20-,21-,22+/m0/s1. The van der Waals surface area contributed by atoms with Gasteiger partial charge in [0, 0.05) is 32.2 Å². The fourth-order valence-electron chi connectivity index (χ4n) is 4.92. The molecule has 3 aliphatic rings. The first-order valence-corrected chi connectivity index (χ1v) is 12.0. The SMILES string of the molecule is CN(Cc1ccccc1)C[C@H]1CN2CC[C@H]1C[C@@H]2CNS(=O)(=O)c1ccccc1. The van der Waals surface area contributed by atoms with Crippen molar-refractivity contribution in [3.63, 3.8) is 0 Å². The molecule has 2 bridgehead atoms. The average molecular weight is 414 g/mol. The van der Waals surface area contributed by atoms with E-state index in [1.54, 1.807) is 24.3 Å². The van der Waals surface area contributed by atoms with Crippen LogP contribution in [0.5, 0.6) is 0 Å². The fraction of sp³-hybridized carbons (Fsp3) is 0.478.